The number of hydrogen-bond acceptors (Lipinski definition) is 5. The first kappa shape index (κ1) is 16.2. The first-order valence-electron chi connectivity index (χ1n) is 6.84. The molecule has 0 aliphatic carbocycles. The number of amides is 1. The van der Waals surface area contributed by atoms with Crippen molar-refractivity contribution in [2.24, 2.45) is 0 Å². The molecule has 0 aromatic heterocycles. The van der Waals surface area contributed by atoms with Gasteiger partial charge in [-0.05, 0) is 18.1 Å². The highest BCUT2D eigenvalue weighted by Gasteiger charge is 2.28. The van der Waals surface area contributed by atoms with Gasteiger partial charge in [0.2, 0.25) is 0 Å². The summed E-state index contributed by atoms with van der Waals surface area (Å²) in [5, 5.41) is 2.54. The fraction of sp³-hybridized carbons (Fsp3) is 0.333. The van der Waals surface area contributed by atoms with Crippen LogP contribution in [0.1, 0.15) is 12.0 Å². The molecule has 1 aliphatic heterocycles. The molecule has 0 saturated carbocycles. The Morgan fingerprint density at radius 3 is 2.64 bits per heavy atom. The first-order chi connectivity index (χ1) is 10.4. The lowest BCUT2D eigenvalue weighted by molar-refractivity contribution is -0.143. The van der Waals surface area contributed by atoms with Gasteiger partial charge in [-0.2, -0.15) is 0 Å². The fourth-order valence-corrected chi connectivity index (χ4v) is 3.76. The molecule has 1 saturated heterocycles. The number of carbonyl (C=O) groups is 2. The molecule has 6 nitrogen and oxygen atoms in total. The lowest BCUT2D eigenvalue weighted by atomic mass is 10.2. The number of hydrogen-bond donors (Lipinski definition) is 1. The minimum atomic E-state index is -3.05. The molecular weight excluding hydrogens is 306 g/mol. The van der Waals surface area contributed by atoms with Crippen LogP contribution >= 0.6 is 0 Å². The summed E-state index contributed by atoms with van der Waals surface area (Å²) < 4.78 is 27.3. The third-order valence-electron chi connectivity index (χ3n) is 3.15. The highest BCUT2D eigenvalue weighted by Crippen LogP contribution is 2.10. The summed E-state index contributed by atoms with van der Waals surface area (Å²) in [5.74, 6) is -1.10. The van der Waals surface area contributed by atoms with Crippen LogP contribution in [0.4, 0.5) is 0 Å². The van der Waals surface area contributed by atoms with Crippen LogP contribution in [-0.4, -0.2) is 44.4 Å². The Balaban J connectivity index is 1.72. The maximum Gasteiger partial charge on any atom is 0.331 e. The molecule has 0 radical (unpaired) electrons. The van der Waals surface area contributed by atoms with Crippen LogP contribution in [-0.2, 0) is 24.2 Å². The fourth-order valence-electron chi connectivity index (χ4n) is 2.09. The zero-order chi connectivity index (χ0) is 16.0. The number of esters is 1. The van der Waals surface area contributed by atoms with Gasteiger partial charge in [0.05, 0.1) is 11.5 Å². The van der Waals surface area contributed by atoms with Gasteiger partial charge < -0.3 is 10.1 Å². The number of ether oxygens (including phenoxy) is 1. The van der Waals surface area contributed by atoms with Gasteiger partial charge in [0.25, 0.3) is 5.91 Å². The first-order valence-corrected chi connectivity index (χ1v) is 8.66. The van der Waals surface area contributed by atoms with Crippen LogP contribution < -0.4 is 5.32 Å². The van der Waals surface area contributed by atoms with Crippen LogP contribution in [0, 0.1) is 0 Å². The predicted octanol–water partition coefficient (Wildman–Crippen LogP) is 0.546. The average Bonchev–Trinajstić information content (AvgIpc) is 2.83. The molecule has 1 N–H and O–H groups in total. The van der Waals surface area contributed by atoms with E-state index in [9.17, 15) is 18.0 Å². The molecule has 1 fully saturated rings. The summed E-state index contributed by atoms with van der Waals surface area (Å²) in [7, 11) is -3.05. The number of sulfone groups is 1. The van der Waals surface area contributed by atoms with Crippen LogP contribution in [0.2, 0.25) is 0 Å². The maximum atomic E-state index is 11.6. The molecular formula is C15H17NO5S. The van der Waals surface area contributed by atoms with Crippen LogP contribution in [0.15, 0.2) is 36.4 Å². The molecule has 1 aromatic carbocycles. The predicted molar refractivity (Wildman–Crippen MR) is 81.6 cm³/mol. The van der Waals surface area contributed by atoms with Gasteiger partial charge in [-0.15, -0.1) is 0 Å². The van der Waals surface area contributed by atoms with Gasteiger partial charge in [-0.1, -0.05) is 30.3 Å². The Bertz CT molecular complexity index is 666. The lowest BCUT2D eigenvalue weighted by Crippen LogP contribution is -2.38. The van der Waals surface area contributed by atoms with Crippen molar-refractivity contribution in [3.63, 3.8) is 0 Å². The van der Waals surface area contributed by atoms with Crippen LogP contribution in [0.25, 0.3) is 6.08 Å². The Morgan fingerprint density at radius 2 is 2.00 bits per heavy atom. The molecule has 1 aromatic rings. The largest absolute Gasteiger partial charge is 0.452 e. The second-order valence-electron chi connectivity index (χ2n) is 5.02. The van der Waals surface area contributed by atoms with Gasteiger partial charge in [-0.25, -0.2) is 13.2 Å². The van der Waals surface area contributed by atoms with E-state index in [2.05, 4.69) is 5.32 Å². The summed E-state index contributed by atoms with van der Waals surface area (Å²) in [4.78, 5) is 23.1. The summed E-state index contributed by atoms with van der Waals surface area (Å²) >= 11 is 0. The van der Waals surface area contributed by atoms with E-state index in [1.807, 2.05) is 30.3 Å². The van der Waals surface area contributed by atoms with Crippen molar-refractivity contribution in [1.82, 2.24) is 5.32 Å². The topological polar surface area (TPSA) is 89.5 Å². The van der Waals surface area contributed by atoms with Gasteiger partial charge in [-0.3, -0.25) is 4.79 Å². The van der Waals surface area contributed by atoms with Gasteiger partial charge >= 0.3 is 5.97 Å². The molecule has 22 heavy (non-hydrogen) atoms. The van der Waals surface area contributed by atoms with Crippen molar-refractivity contribution >= 4 is 27.8 Å². The second kappa shape index (κ2) is 7.22. The average molecular weight is 323 g/mol. The van der Waals surface area contributed by atoms with E-state index in [0.717, 1.165) is 5.56 Å². The van der Waals surface area contributed by atoms with Crippen LogP contribution in [0.5, 0.6) is 0 Å². The molecule has 0 bridgehead atoms. The van der Waals surface area contributed by atoms with Crippen molar-refractivity contribution in [1.29, 1.82) is 0 Å². The van der Waals surface area contributed by atoms with Crippen LogP contribution in [0.3, 0.4) is 0 Å². The SMILES string of the molecule is O=C(COC(=O)/C=C/c1ccccc1)N[C@H]1CCS(=O)(=O)C1. The maximum absolute atomic E-state index is 11.6. The summed E-state index contributed by atoms with van der Waals surface area (Å²) in [6, 6.07) is 8.82. The van der Waals surface area contributed by atoms with E-state index < -0.39 is 34.4 Å². The minimum Gasteiger partial charge on any atom is -0.452 e. The molecule has 1 heterocycles. The third kappa shape index (κ3) is 5.33. The quantitative estimate of drug-likeness (QED) is 0.631. The lowest BCUT2D eigenvalue weighted by Gasteiger charge is -2.10. The summed E-state index contributed by atoms with van der Waals surface area (Å²) in [6.07, 6.45) is 3.22. The van der Waals surface area contributed by atoms with E-state index in [0.29, 0.717) is 6.42 Å². The van der Waals surface area contributed by atoms with Gasteiger partial charge in [0, 0.05) is 12.1 Å². The van der Waals surface area contributed by atoms with Gasteiger partial charge in [0.15, 0.2) is 16.4 Å². The Labute approximate surface area is 129 Å². The zero-order valence-corrected chi connectivity index (χ0v) is 12.7. The second-order valence-corrected chi connectivity index (χ2v) is 7.25. The normalized spacial score (nSPS) is 19.9. The third-order valence-corrected chi connectivity index (χ3v) is 4.92. The molecule has 2 rings (SSSR count). The summed E-state index contributed by atoms with van der Waals surface area (Å²) in [6.45, 7) is -0.422. The van der Waals surface area contributed by atoms with Crippen molar-refractivity contribution in [3.05, 3.63) is 42.0 Å². The van der Waals surface area contributed by atoms with Crippen molar-refractivity contribution in [3.8, 4) is 0 Å². The smallest absolute Gasteiger partial charge is 0.331 e. The molecule has 0 unspecified atom stereocenters. The number of nitrogens with one attached hydrogen (secondary N) is 1. The highest BCUT2D eigenvalue weighted by molar-refractivity contribution is 7.91. The summed E-state index contributed by atoms with van der Waals surface area (Å²) in [5.41, 5.74) is 0.847. The molecule has 1 aliphatic rings. The van der Waals surface area contributed by atoms with Crippen molar-refractivity contribution in [2.45, 2.75) is 12.5 Å². The molecule has 0 spiro atoms. The number of rotatable bonds is 5. The van der Waals surface area contributed by atoms with E-state index >= 15 is 0 Å². The molecule has 1 atom stereocenters. The standard InChI is InChI=1S/C15H17NO5S/c17-14(16-13-8-9-22(19,20)11-13)10-21-15(18)7-6-12-4-2-1-3-5-12/h1-7,13H,8-11H2,(H,16,17)/b7-6+/t13-/m0/s1. The van der Waals surface area contributed by atoms with E-state index in [-0.39, 0.29) is 11.5 Å². The van der Waals surface area contributed by atoms with E-state index in [4.69, 9.17) is 4.74 Å². The Kier molecular flexibility index (Phi) is 5.32. The number of carbonyl (C=O) groups excluding carboxylic acids is 2. The van der Waals surface area contributed by atoms with Crippen molar-refractivity contribution in [2.75, 3.05) is 18.1 Å². The van der Waals surface area contributed by atoms with Gasteiger partial charge in [0.1, 0.15) is 0 Å². The molecule has 118 valence electrons. The Hall–Kier alpha value is -2.15. The highest BCUT2D eigenvalue weighted by atomic mass is 32.2. The monoisotopic (exact) mass is 323 g/mol. The Morgan fingerprint density at radius 1 is 1.27 bits per heavy atom. The van der Waals surface area contributed by atoms with E-state index in [1.165, 1.54) is 6.08 Å². The van der Waals surface area contributed by atoms with Crippen molar-refractivity contribution < 1.29 is 22.7 Å². The molecule has 7 heteroatoms. The molecule has 1 amide bonds. The van der Waals surface area contributed by atoms with E-state index in [1.54, 1.807) is 6.08 Å². The zero-order valence-electron chi connectivity index (χ0n) is 11.9. The minimum absolute atomic E-state index is 0.0550. The number of benzene rings is 1.